The Kier molecular flexibility index (Phi) is 5.56. The minimum atomic E-state index is -0.229. The van der Waals surface area contributed by atoms with Crippen molar-refractivity contribution >= 4 is 52.3 Å². The van der Waals surface area contributed by atoms with Gasteiger partial charge in [0.15, 0.2) is 5.17 Å². The van der Waals surface area contributed by atoms with Crippen molar-refractivity contribution in [1.29, 1.82) is 0 Å². The van der Waals surface area contributed by atoms with Crippen molar-refractivity contribution in [3.63, 3.8) is 0 Å². The van der Waals surface area contributed by atoms with Crippen LogP contribution in [0.15, 0.2) is 58.7 Å². The lowest BCUT2D eigenvalue weighted by Crippen LogP contribution is -2.25. The average Bonchev–Trinajstić information content (AvgIpc) is 2.89. The van der Waals surface area contributed by atoms with E-state index >= 15 is 0 Å². The molecular weight excluding hydrogens is 365 g/mol. The Morgan fingerprint density at radius 1 is 1.12 bits per heavy atom. The quantitative estimate of drug-likeness (QED) is 0.642. The number of rotatable bonds is 4. The van der Waals surface area contributed by atoms with Gasteiger partial charge >= 0.3 is 0 Å². The fourth-order valence-electron chi connectivity index (χ4n) is 2.16. The Morgan fingerprint density at radius 3 is 2.67 bits per heavy atom. The van der Waals surface area contributed by atoms with Gasteiger partial charge in [0.05, 0.1) is 11.5 Å². The summed E-state index contributed by atoms with van der Waals surface area (Å²) in [7, 11) is 0. The van der Waals surface area contributed by atoms with Crippen LogP contribution in [-0.4, -0.2) is 22.5 Å². The third kappa shape index (κ3) is 4.60. The molecule has 1 atom stereocenters. The van der Waals surface area contributed by atoms with Gasteiger partial charge in [-0.1, -0.05) is 59.2 Å². The molecule has 3 rings (SSSR count). The van der Waals surface area contributed by atoms with Crippen LogP contribution in [0.3, 0.4) is 0 Å². The van der Waals surface area contributed by atoms with Crippen molar-refractivity contribution in [1.82, 2.24) is 5.32 Å². The van der Waals surface area contributed by atoms with Crippen LogP contribution >= 0.6 is 35.0 Å². The molecule has 1 heterocycles. The van der Waals surface area contributed by atoms with E-state index in [9.17, 15) is 4.79 Å². The Hall–Kier alpha value is -1.82. The number of carbonyl (C=O) groups excluding carboxylic acids is 1. The second-order valence-corrected chi connectivity index (χ2v) is 7.20. The van der Waals surface area contributed by atoms with E-state index in [0.29, 0.717) is 21.6 Å². The van der Waals surface area contributed by atoms with Crippen molar-refractivity contribution < 1.29 is 4.79 Å². The molecular formula is C17H13Cl2N3OS. The molecule has 1 saturated heterocycles. The lowest BCUT2D eigenvalue weighted by Gasteiger charge is -2.05. The summed E-state index contributed by atoms with van der Waals surface area (Å²) in [6.45, 7) is 0. The molecule has 2 aromatic carbocycles. The number of nitrogens with zero attached hydrogens (tertiary/aromatic N) is 2. The molecule has 1 fully saturated rings. The zero-order valence-corrected chi connectivity index (χ0v) is 14.8. The van der Waals surface area contributed by atoms with Crippen LogP contribution in [0.2, 0.25) is 10.0 Å². The van der Waals surface area contributed by atoms with Crippen molar-refractivity contribution in [2.24, 2.45) is 10.2 Å². The minimum Gasteiger partial charge on any atom is -0.303 e. The summed E-state index contributed by atoms with van der Waals surface area (Å²) < 4.78 is 0. The summed E-state index contributed by atoms with van der Waals surface area (Å²) >= 11 is 13.2. The van der Waals surface area contributed by atoms with E-state index in [1.165, 1.54) is 11.8 Å². The van der Waals surface area contributed by atoms with E-state index in [2.05, 4.69) is 15.5 Å². The van der Waals surface area contributed by atoms with E-state index in [-0.39, 0.29) is 11.2 Å². The molecule has 1 aliphatic heterocycles. The highest BCUT2D eigenvalue weighted by Crippen LogP contribution is 2.24. The maximum absolute atomic E-state index is 12.0. The summed E-state index contributed by atoms with van der Waals surface area (Å²) in [5.74, 6) is -0.0691. The summed E-state index contributed by atoms with van der Waals surface area (Å²) in [4.78, 5) is 12.0. The van der Waals surface area contributed by atoms with Gasteiger partial charge < -0.3 is 5.32 Å². The first kappa shape index (κ1) is 17.0. The summed E-state index contributed by atoms with van der Waals surface area (Å²) in [6.07, 6.45) is 2.21. The molecule has 0 radical (unpaired) electrons. The van der Waals surface area contributed by atoms with Crippen LogP contribution in [0.25, 0.3) is 0 Å². The summed E-state index contributed by atoms with van der Waals surface area (Å²) in [5.41, 5.74) is 1.90. The summed E-state index contributed by atoms with van der Waals surface area (Å²) in [6, 6.07) is 14.7. The van der Waals surface area contributed by atoms with E-state index in [0.717, 1.165) is 11.1 Å². The van der Waals surface area contributed by atoms with Crippen LogP contribution in [0.5, 0.6) is 0 Å². The first-order chi connectivity index (χ1) is 11.6. The van der Waals surface area contributed by atoms with Crippen molar-refractivity contribution in [3.8, 4) is 0 Å². The molecule has 1 amide bonds. The fraction of sp³-hybridized carbons (Fsp3) is 0.118. The summed E-state index contributed by atoms with van der Waals surface area (Å²) in [5, 5.41) is 12.4. The van der Waals surface area contributed by atoms with Crippen LogP contribution in [0.1, 0.15) is 11.1 Å². The van der Waals surface area contributed by atoms with Gasteiger partial charge in [-0.15, -0.1) is 5.10 Å². The second kappa shape index (κ2) is 7.83. The number of nitrogens with one attached hydrogen (secondary N) is 1. The van der Waals surface area contributed by atoms with Crippen LogP contribution in [0, 0.1) is 0 Å². The topological polar surface area (TPSA) is 53.8 Å². The van der Waals surface area contributed by atoms with Gasteiger partial charge in [0.25, 0.3) is 0 Å². The number of carbonyl (C=O) groups is 1. The normalized spacial score (nSPS) is 19.2. The number of hydrogen-bond acceptors (Lipinski definition) is 4. The lowest BCUT2D eigenvalue weighted by atomic mass is 10.1. The highest BCUT2D eigenvalue weighted by Gasteiger charge is 2.30. The third-order valence-corrected chi connectivity index (χ3v) is 4.87. The monoisotopic (exact) mass is 377 g/mol. The van der Waals surface area contributed by atoms with Gasteiger partial charge in [-0.25, -0.2) is 0 Å². The molecule has 122 valence electrons. The number of benzene rings is 2. The molecule has 1 N–H and O–H groups in total. The Balaban J connectivity index is 1.62. The van der Waals surface area contributed by atoms with E-state index < -0.39 is 0 Å². The standard InChI is InChI=1S/C17H13Cl2N3OS/c18-13-6-4-11(5-7-13)10-20-22-17-21-16(23)15(24-17)9-12-2-1-3-14(19)8-12/h1-8,10,15H,9H2,(H,21,22,23)/b20-10-/t15-/m0/s1. The van der Waals surface area contributed by atoms with Crippen molar-refractivity contribution in [3.05, 3.63) is 69.7 Å². The molecule has 7 heteroatoms. The molecule has 0 spiro atoms. The maximum Gasteiger partial charge on any atom is 0.239 e. The Labute approximate surface area is 154 Å². The van der Waals surface area contributed by atoms with E-state index in [4.69, 9.17) is 23.2 Å². The largest absolute Gasteiger partial charge is 0.303 e. The zero-order chi connectivity index (χ0) is 16.9. The number of amides is 1. The Bertz CT molecular complexity index is 806. The first-order valence-corrected chi connectivity index (χ1v) is 8.82. The predicted molar refractivity (Wildman–Crippen MR) is 101 cm³/mol. The smallest absolute Gasteiger partial charge is 0.239 e. The third-order valence-electron chi connectivity index (χ3n) is 3.31. The SMILES string of the molecule is O=C1N/C(=N\N=C/c2ccc(Cl)cc2)S[C@H]1Cc1cccc(Cl)c1. The van der Waals surface area contributed by atoms with E-state index in [1.54, 1.807) is 18.3 Å². The Morgan fingerprint density at radius 2 is 1.92 bits per heavy atom. The fourth-order valence-corrected chi connectivity index (χ4v) is 3.47. The van der Waals surface area contributed by atoms with Crippen LogP contribution in [-0.2, 0) is 11.2 Å². The highest BCUT2D eigenvalue weighted by atomic mass is 35.5. The van der Waals surface area contributed by atoms with Crippen molar-refractivity contribution in [2.75, 3.05) is 0 Å². The van der Waals surface area contributed by atoms with Gasteiger partial charge in [0.1, 0.15) is 0 Å². The number of hydrogen-bond donors (Lipinski definition) is 1. The maximum atomic E-state index is 12.0. The molecule has 0 unspecified atom stereocenters. The second-order valence-electron chi connectivity index (χ2n) is 5.13. The molecule has 0 aromatic heterocycles. The van der Waals surface area contributed by atoms with Gasteiger partial charge in [-0.3, -0.25) is 4.79 Å². The van der Waals surface area contributed by atoms with Gasteiger partial charge in [-0.05, 0) is 41.8 Å². The number of thioether (sulfide) groups is 1. The van der Waals surface area contributed by atoms with Crippen LogP contribution < -0.4 is 5.32 Å². The molecule has 0 aliphatic carbocycles. The first-order valence-electron chi connectivity index (χ1n) is 7.19. The highest BCUT2D eigenvalue weighted by molar-refractivity contribution is 8.15. The lowest BCUT2D eigenvalue weighted by molar-refractivity contribution is -0.118. The molecule has 4 nitrogen and oxygen atoms in total. The number of halogens is 2. The predicted octanol–water partition coefficient (Wildman–Crippen LogP) is 4.16. The van der Waals surface area contributed by atoms with Gasteiger partial charge in [0.2, 0.25) is 5.91 Å². The van der Waals surface area contributed by atoms with Crippen molar-refractivity contribution in [2.45, 2.75) is 11.7 Å². The molecule has 2 aromatic rings. The van der Waals surface area contributed by atoms with Gasteiger partial charge in [0, 0.05) is 10.0 Å². The van der Waals surface area contributed by atoms with Crippen LogP contribution in [0.4, 0.5) is 0 Å². The van der Waals surface area contributed by atoms with Gasteiger partial charge in [-0.2, -0.15) is 5.10 Å². The molecule has 1 aliphatic rings. The molecule has 0 saturated carbocycles. The molecule has 24 heavy (non-hydrogen) atoms. The van der Waals surface area contributed by atoms with E-state index in [1.807, 2.05) is 36.4 Å². The molecule has 0 bridgehead atoms. The minimum absolute atomic E-state index is 0.0691. The number of amidine groups is 1. The average molecular weight is 378 g/mol. The zero-order valence-electron chi connectivity index (χ0n) is 12.4.